The molecule has 2 aromatic rings. The van der Waals surface area contributed by atoms with Crippen molar-refractivity contribution in [3.8, 4) is 0 Å². The topological polar surface area (TPSA) is 52.6 Å². The van der Waals surface area contributed by atoms with E-state index >= 15 is 0 Å². The summed E-state index contributed by atoms with van der Waals surface area (Å²) >= 11 is 0. The normalized spacial score (nSPS) is 26.3. The van der Waals surface area contributed by atoms with E-state index in [1.807, 2.05) is 30.3 Å². The predicted octanol–water partition coefficient (Wildman–Crippen LogP) is 3.70. The lowest BCUT2D eigenvalue weighted by Gasteiger charge is -2.35. The minimum absolute atomic E-state index is 0.0473. The summed E-state index contributed by atoms with van der Waals surface area (Å²) in [6.45, 7) is 2.40. The molecule has 0 amide bonds. The first-order valence-electron chi connectivity index (χ1n) is 8.85. The fourth-order valence-corrected chi connectivity index (χ4v) is 4.01. The van der Waals surface area contributed by atoms with Crippen molar-refractivity contribution in [2.45, 2.75) is 18.9 Å². The van der Waals surface area contributed by atoms with E-state index in [2.05, 4.69) is 18.2 Å². The van der Waals surface area contributed by atoms with Crippen molar-refractivity contribution in [2.24, 2.45) is 5.92 Å². The second kappa shape index (κ2) is 6.54. The van der Waals surface area contributed by atoms with Gasteiger partial charge in [0, 0.05) is 18.4 Å². The predicted molar refractivity (Wildman–Crippen MR) is 98.5 cm³/mol. The standard InChI is InChI=1S/C22H20O4/c1-2-25-21(24)12-16-14-26-22(11-10-17(23)13-20(16)22)19-9-5-7-15-6-3-4-8-18(15)19/h3-12,20H,2,13-14H2,1H3/b16-12-/t20?,22-/m0/s1. The first kappa shape index (κ1) is 16.7. The number of esters is 1. The van der Waals surface area contributed by atoms with Crippen molar-refractivity contribution in [2.75, 3.05) is 13.2 Å². The fraction of sp³-hybridized carbons (Fsp3) is 0.273. The molecule has 1 aliphatic carbocycles. The number of fused-ring (bicyclic) bond motifs is 2. The maximum Gasteiger partial charge on any atom is 0.330 e. The van der Waals surface area contributed by atoms with Crippen LogP contribution in [0.25, 0.3) is 10.8 Å². The van der Waals surface area contributed by atoms with Gasteiger partial charge in [-0.3, -0.25) is 4.79 Å². The highest BCUT2D eigenvalue weighted by atomic mass is 16.5. The molecule has 0 radical (unpaired) electrons. The number of hydrogen-bond donors (Lipinski definition) is 0. The number of ketones is 1. The van der Waals surface area contributed by atoms with E-state index in [-0.39, 0.29) is 17.7 Å². The van der Waals surface area contributed by atoms with Crippen LogP contribution in [0.5, 0.6) is 0 Å². The molecule has 2 aliphatic rings. The molecule has 2 aromatic carbocycles. The Hall–Kier alpha value is -2.72. The molecule has 0 aromatic heterocycles. The molecule has 4 rings (SSSR count). The molecule has 1 unspecified atom stereocenters. The molecule has 4 nitrogen and oxygen atoms in total. The van der Waals surface area contributed by atoms with E-state index < -0.39 is 5.60 Å². The van der Waals surface area contributed by atoms with Gasteiger partial charge in [-0.25, -0.2) is 4.79 Å². The van der Waals surface area contributed by atoms with E-state index in [0.717, 1.165) is 21.9 Å². The average molecular weight is 348 g/mol. The van der Waals surface area contributed by atoms with E-state index in [0.29, 0.717) is 19.6 Å². The second-order valence-electron chi connectivity index (χ2n) is 6.64. The number of carbonyl (C=O) groups excluding carboxylic acids is 2. The fourth-order valence-electron chi connectivity index (χ4n) is 4.01. The minimum Gasteiger partial charge on any atom is -0.463 e. The molecule has 1 aliphatic heterocycles. The lowest BCUT2D eigenvalue weighted by atomic mass is 9.72. The quantitative estimate of drug-likeness (QED) is 0.627. The van der Waals surface area contributed by atoms with Gasteiger partial charge in [0.25, 0.3) is 0 Å². The zero-order valence-corrected chi connectivity index (χ0v) is 14.6. The Balaban J connectivity index is 1.86. The van der Waals surface area contributed by atoms with Crippen LogP contribution in [0.15, 0.2) is 66.3 Å². The van der Waals surface area contributed by atoms with Crippen LogP contribution in [-0.2, 0) is 24.7 Å². The van der Waals surface area contributed by atoms with Gasteiger partial charge in [-0.1, -0.05) is 42.5 Å². The van der Waals surface area contributed by atoms with Gasteiger partial charge in [0.15, 0.2) is 5.78 Å². The van der Waals surface area contributed by atoms with Gasteiger partial charge in [0.2, 0.25) is 0 Å². The van der Waals surface area contributed by atoms with Crippen LogP contribution in [0, 0.1) is 5.92 Å². The first-order chi connectivity index (χ1) is 12.6. The summed E-state index contributed by atoms with van der Waals surface area (Å²) in [4.78, 5) is 24.1. The molecule has 4 heteroatoms. The maximum atomic E-state index is 12.1. The Morgan fingerprint density at radius 3 is 2.92 bits per heavy atom. The van der Waals surface area contributed by atoms with E-state index in [1.165, 1.54) is 6.08 Å². The molecule has 2 atom stereocenters. The van der Waals surface area contributed by atoms with Crippen LogP contribution in [-0.4, -0.2) is 25.0 Å². The molecular formula is C22H20O4. The zero-order chi connectivity index (χ0) is 18.1. The summed E-state index contributed by atoms with van der Waals surface area (Å²) in [5.41, 5.74) is 1.11. The smallest absolute Gasteiger partial charge is 0.330 e. The summed E-state index contributed by atoms with van der Waals surface area (Å²) in [5, 5.41) is 2.21. The summed E-state index contributed by atoms with van der Waals surface area (Å²) in [6, 6.07) is 14.2. The van der Waals surface area contributed by atoms with Gasteiger partial charge in [-0.2, -0.15) is 0 Å². The number of benzene rings is 2. The zero-order valence-electron chi connectivity index (χ0n) is 14.6. The molecule has 26 heavy (non-hydrogen) atoms. The van der Waals surface area contributed by atoms with Gasteiger partial charge in [-0.15, -0.1) is 0 Å². The SMILES string of the molecule is CCOC(=O)/C=C1/CO[C@]2(c3cccc4ccccc34)C=CC(=O)CC12. The monoisotopic (exact) mass is 348 g/mol. The molecule has 0 saturated carbocycles. The largest absolute Gasteiger partial charge is 0.463 e. The Morgan fingerprint density at radius 1 is 1.27 bits per heavy atom. The number of allylic oxidation sites excluding steroid dienone is 1. The highest BCUT2D eigenvalue weighted by Crippen LogP contribution is 2.50. The van der Waals surface area contributed by atoms with Crippen LogP contribution in [0.4, 0.5) is 0 Å². The van der Waals surface area contributed by atoms with Gasteiger partial charge >= 0.3 is 5.97 Å². The molecule has 1 fully saturated rings. The number of carbonyl (C=O) groups is 2. The number of ether oxygens (including phenoxy) is 2. The van der Waals surface area contributed by atoms with E-state index in [9.17, 15) is 9.59 Å². The third-order valence-corrected chi connectivity index (χ3v) is 5.17. The third kappa shape index (κ3) is 2.67. The van der Waals surface area contributed by atoms with Crippen molar-refractivity contribution in [1.82, 2.24) is 0 Å². The molecular weight excluding hydrogens is 328 g/mol. The Kier molecular flexibility index (Phi) is 4.21. The van der Waals surface area contributed by atoms with E-state index in [1.54, 1.807) is 13.0 Å². The van der Waals surface area contributed by atoms with Crippen molar-refractivity contribution >= 4 is 22.5 Å². The maximum absolute atomic E-state index is 12.1. The molecule has 0 spiro atoms. The summed E-state index contributed by atoms with van der Waals surface area (Å²) in [6.07, 6.45) is 5.28. The van der Waals surface area contributed by atoms with Crippen molar-refractivity contribution < 1.29 is 19.1 Å². The highest BCUT2D eigenvalue weighted by molar-refractivity contribution is 5.94. The van der Waals surface area contributed by atoms with Crippen molar-refractivity contribution in [3.63, 3.8) is 0 Å². The van der Waals surface area contributed by atoms with E-state index in [4.69, 9.17) is 9.47 Å². The molecule has 1 heterocycles. The lowest BCUT2D eigenvalue weighted by Crippen LogP contribution is -2.35. The number of rotatable bonds is 3. The number of hydrogen-bond acceptors (Lipinski definition) is 4. The van der Waals surface area contributed by atoms with Crippen LogP contribution in [0.2, 0.25) is 0 Å². The molecule has 0 bridgehead atoms. The van der Waals surface area contributed by atoms with Crippen molar-refractivity contribution in [1.29, 1.82) is 0 Å². The Morgan fingerprint density at radius 2 is 2.08 bits per heavy atom. The molecule has 1 saturated heterocycles. The van der Waals surface area contributed by atoms with Crippen molar-refractivity contribution in [3.05, 3.63) is 71.8 Å². The Bertz CT molecular complexity index is 935. The van der Waals surface area contributed by atoms with Crippen LogP contribution in [0.1, 0.15) is 18.9 Å². The average Bonchev–Trinajstić information content (AvgIpc) is 3.00. The van der Waals surface area contributed by atoms with Gasteiger partial charge in [-0.05, 0) is 41.0 Å². The van der Waals surface area contributed by atoms with Crippen LogP contribution < -0.4 is 0 Å². The molecule has 132 valence electrons. The Labute approximate surface area is 152 Å². The first-order valence-corrected chi connectivity index (χ1v) is 8.85. The van der Waals surface area contributed by atoms with Gasteiger partial charge < -0.3 is 9.47 Å². The van der Waals surface area contributed by atoms with Crippen LogP contribution >= 0.6 is 0 Å². The third-order valence-electron chi connectivity index (χ3n) is 5.17. The molecule has 0 N–H and O–H groups in total. The van der Waals surface area contributed by atoms with Crippen LogP contribution in [0.3, 0.4) is 0 Å². The second-order valence-corrected chi connectivity index (χ2v) is 6.64. The lowest BCUT2D eigenvalue weighted by molar-refractivity contribution is -0.137. The minimum atomic E-state index is -0.729. The summed E-state index contributed by atoms with van der Waals surface area (Å²) in [7, 11) is 0. The van der Waals surface area contributed by atoms with Gasteiger partial charge in [0.05, 0.1) is 13.2 Å². The van der Waals surface area contributed by atoms with Gasteiger partial charge in [0.1, 0.15) is 5.60 Å². The summed E-state index contributed by atoms with van der Waals surface area (Å²) in [5.74, 6) is -0.539. The summed E-state index contributed by atoms with van der Waals surface area (Å²) < 4.78 is 11.3. The highest BCUT2D eigenvalue weighted by Gasteiger charge is 2.50.